The molecular formula is C25H24O12. The Morgan fingerprint density at radius 3 is 2.16 bits per heavy atom. The van der Waals surface area contributed by atoms with Crippen molar-refractivity contribution in [3.63, 3.8) is 0 Å². The summed E-state index contributed by atoms with van der Waals surface area (Å²) < 4.78 is 27.8. The summed E-state index contributed by atoms with van der Waals surface area (Å²) in [5.74, 6) is -3.18. The van der Waals surface area contributed by atoms with Crippen molar-refractivity contribution in [2.75, 3.05) is 0 Å². The summed E-state index contributed by atoms with van der Waals surface area (Å²) in [6.45, 7) is 3.70. The molecule has 1 aliphatic heterocycles. The van der Waals surface area contributed by atoms with Gasteiger partial charge in [-0.15, -0.1) is 0 Å². The molecule has 2 aromatic carbocycles. The lowest BCUT2D eigenvalue weighted by Gasteiger charge is -2.41. The Kier molecular flexibility index (Phi) is 6.96. The molecule has 0 bridgehead atoms. The summed E-state index contributed by atoms with van der Waals surface area (Å²) in [4.78, 5) is 36.8. The van der Waals surface area contributed by atoms with E-state index in [1.165, 1.54) is 31.2 Å². The van der Waals surface area contributed by atoms with Gasteiger partial charge in [0.25, 0.3) is 0 Å². The number of aromatic hydroxyl groups is 3. The van der Waals surface area contributed by atoms with Gasteiger partial charge in [0.05, 0.1) is 6.10 Å². The van der Waals surface area contributed by atoms with Crippen LogP contribution in [0.25, 0.3) is 22.3 Å². The predicted octanol–water partition coefficient (Wildman–Crippen LogP) is 1.92. The highest BCUT2D eigenvalue weighted by Crippen LogP contribution is 2.38. The van der Waals surface area contributed by atoms with Gasteiger partial charge < -0.3 is 43.8 Å². The van der Waals surface area contributed by atoms with Crippen LogP contribution >= 0.6 is 0 Å². The molecule has 0 spiro atoms. The number of hydrogen-bond acceptors (Lipinski definition) is 12. The van der Waals surface area contributed by atoms with Crippen molar-refractivity contribution in [3.8, 4) is 34.3 Å². The molecule has 12 nitrogen and oxygen atoms in total. The molecule has 0 aliphatic carbocycles. The largest absolute Gasteiger partial charge is 0.508 e. The van der Waals surface area contributed by atoms with Gasteiger partial charge in [0, 0.05) is 31.5 Å². The molecule has 12 heteroatoms. The van der Waals surface area contributed by atoms with Gasteiger partial charge in [0.2, 0.25) is 17.5 Å². The summed E-state index contributed by atoms with van der Waals surface area (Å²) in [5.41, 5.74) is -0.764. The van der Waals surface area contributed by atoms with E-state index >= 15 is 0 Å². The van der Waals surface area contributed by atoms with Gasteiger partial charge in [-0.3, -0.25) is 14.4 Å². The number of aliphatic hydroxyl groups is 1. The number of benzene rings is 2. The summed E-state index contributed by atoms with van der Waals surface area (Å²) in [6, 6.07) is 7.58. The summed E-state index contributed by atoms with van der Waals surface area (Å²) in [6.07, 6.45) is -6.86. The molecule has 196 valence electrons. The molecule has 3 aromatic rings. The number of ether oxygens (including phenoxy) is 4. The molecule has 2 heterocycles. The number of phenolic OH excluding ortho intramolecular Hbond substituents is 3. The van der Waals surface area contributed by atoms with Crippen molar-refractivity contribution >= 4 is 22.9 Å². The SMILES string of the molecule is CC(=O)O[C@@H]1[C@H](Oc2c(-c3ccc(O)cc3)oc3cc(O)cc(O)c3c2=O)O[C@@H](C)[C@H](OC(C)=O)[C@H]1O. The maximum atomic E-state index is 13.5. The number of aliphatic hydroxyl groups excluding tert-OH is 1. The van der Waals surface area contributed by atoms with Crippen molar-refractivity contribution in [2.45, 2.75) is 51.5 Å². The Morgan fingerprint density at radius 1 is 0.919 bits per heavy atom. The third kappa shape index (κ3) is 5.15. The van der Waals surface area contributed by atoms with E-state index in [-0.39, 0.29) is 33.8 Å². The van der Waals surface area contributed by atoms with Crippen LogP contribution < -0.4 is 10.2 Å². The molecule has 37 heavy (non-hydrogen) atoms. The molecule has 0 saturated carbocycles. The van der Waals surface area contributed by atoms with E-state index in [4.69, 9.17) is 23.4 Å². The molecule has 4 N–H and O–H groups in total. The summed E-state index contributed by atoms with van der Waals surface area (Å²) in [5, 5.41) is 40.4. The molecular weight excluding hydrogens is 492 g/mol. The zero-order valence-electron chi connectivity index (χ0n) is 19.9. The minimum atomic E-state index is -1.59. The van der Waals surface area contributed by atoms with Gasteiger partial charge in [-0.1, -0.05) is 0 Å². The van der Waals surface area contributed by atoms with E-state index in [1.807, 2.05) is 0 Å². The average molecular weight is 516 g/mol. The van der Waals surface area contributed by atoms with E-state index in [9.17, 15) is 34.8 Å². The Labute approximate surface area is 209 Å². The minimum absolute atomic E-state index is 0.0661. The topological polar surface area (TPSA) is 182 Å². The Morgan fingerprint density at radius 2 is 1.54 bits per heavy atom. The van der Waals surface area contributed by atoms with Crippen molar-refractivity contribution in [1.29, 1.82) is 0 Å². The number of rotatable bonds is 5. The lowest BCUT2D eigenvalue weighted by atomic mass is 9.99. The highest BCUT2D eigenvalue weighted by atomic mass is 16.7. The Hall–Kier alpha value is -4.29. The summed E-state index contributed by atoms with van der Waals surface area (Å²) in [7, 11) is 0. The first-order valence-electron chi connectivity index (χ1n) is 11.1. The minimum Gasteiger partial charge on any atom is -0.508 e. The van der Waals surface area contributed by atoms with Crippen LogP contribution in [-0.2, 0) is 23.8 Å². The number of phenols is 3. The highest BCUT2D eigenvalue weighted by Gasteiger charge is 2.49. The Balaban J connectivity index is 1.86. The standard InChI is InChI=1S/C25H24O12/c1-10-21(34-11(2)26)20(32)24(35-12(3)27)25(33-10)37-23-19(31)18-16(30)8-15(29)9-17(18)36-22(23)13-4-6-14(28)7-5-13/h4-10,20-21,24-25,28-30,32H,1-3H3/t10-,20+,21-,24-,25-/m0/s1. The van der Waals surface area contributed by atoms with Crippen LogP contribution in [0, 0.1) is 0 Å². The second kappa shape index (κ2) is 9.99. The van der Waals surface area contributed by atoms with Gasteiger partial charge in [-0.05, 0) is 31.2 Å². The molecule has 5 atom stereocenters. The first kappa shape index (κ1) is 25.8. The summed E-state index contributed by atoms with van der Waals surface area (Å²) >= 11 is 0. The fourth-order valence-electron chi connectivity index (χ4n) is 4.06. The van der Waals surface area contributed by atoms with Crippen LogP contribution in [-0.4, -0.2) is 63.1 Å². The lowest BCUT2D eigenvalue weighted by Crippen LogP contribution is -2.60. The van der Waals surface area contributed by atoms with E-state index in [2.05, 4.69) is 0 Å². The van der Waals surface area contributed by atoms with Crippen LogP contribution in [0.3, 0.4) is 0 Å². The predicted molar refractivity (Wildman–Crippen MR) is 125 cm³/mol. The number of fused-ring (bicyclic) bond motifs is 1. The third-order valence-electron chi connectivity index (χ3n) is 5.64. The van der Waals surface area contributed by atoms with Gasteiger partial charge in [0.15, 0.2) is 18.0 Å². The van der Waals surface area contributed by atoms with E-state index < -0.39 is 59.6 Å². The number of esters is 2. The molecule has 1 saturated heterocycles. The third-order valence-corrected chi connectivity index (χ3v) is 5.64. The zero-order chi connectivity index (χ0) is 27.0. The molecule has 4 rings (SSSR count). The van der Waals surface area contributed by atoms with Crippen LogP contribution in [0.5, 0.6) is 23.0 Å². The second-order valence-electron chi connectivity index (χ2n) is 8.44. The highest BCUT2D eigenvalue weighted by molar-refractivity contribution is 5.88. The number of hydrogen-bond donors (Lipinski definition) is 4. The average Bonchev–Trinajstić information content (AvgIpc) is 2.80. The molecule has 0 unspecified atom stereocenters. The van der Waals surface area contributed by atoms with Crippen LogP contribution in [0.4, 0.5) is 0 Å². The maximum absolute atomic E-state index is 13.5. The lowest BCUT2D eigenvalue weighted by molar-refractivity contribution is -0.277. The molecule has 1 aromatic heterocycles. The van der Waals surface area contributed by atoms with Gasteiger partial charge >= 0.3 is 11.9 Å². The molecule has 1 fully saturated rings. The monoisotopic (exact) mass is 516 g/mol. The van der Waals surface area contributed by atoms with Gasteiger partial charge in [0.1, 0.15) is 34.3 Å². The molecule has 0 amide bonds. The van der Waals surface area contributed by atoms with Crippen LogP contribution in [0.2, 0.25) is 0 Å². The number of carbonyl (C=O) groups excluding carboxylic acids is 2. The van der Waals surface area contributed by atoms with Crippen molar-refractivity contribution in [3.05, 3.63) is 46.6 Å². The normalized spacial score (nSPS) is 23.4. The van der Waals surface area contributed by atoms with E-state index in [1.54, 1.807) is 0 Å². The fraction of sp³-hybridized carbons (Fsp3) is 0.320. The number of carbonyl (C=O) groups is 2. The van der Waals surface area contributed by atoms with Crippen molar-refractivity contribution < 1.29 is 53.4 Å². The van der Waals surface area contributed by atoms with E-state index in [0.29, 0.717) is 0 Å². The Bertz CT molecular complexity index is 1390. The van der Waals surface area contributed by atoms with Crippen molar-refractivity contribution in [2.24, 2.45) is 0 Å². The van der Waals surface area contributed by atoms with E-state index in [0.717, 1.165) is 26.0 Å². The smallest absolute Gasteiger partial charge is 0.303 e. The fourth-order valence-corrected chi connectivity index (χ4v) is 4.06. The second-order valence-corrected chi connectivity index (χ2v) is 8.44. The molecule has 1 aliphatic rings. The molecule has 0 radical (unpaired) electrons. The van der Waals surface area contributed by atoms with Crippen LogP contribution in [0.1, 0.15) is 20.8 Å². The van der Waals surface area contributed by atoms with Crippen molar-refractivity contribution in [1.82, 2.24) is 0 Å². The maximum Gasteiger partial charge on any atom is 0.303 e. The van der Waals surface area contributed by atoms with Gasteiger partial charge in [-0.25, -0.2) is 0 Å². The zero-order valence-corrected chi connectivity index (χ0v) is 19.9. The van der Waals surface area contributed by atoms with Crippen LogP contribution in [0.15, 0.2) is 45.6 Å². The quantitative estimate of drug-likeness (QED) is 0.362. The van der Waals surface area contributed by atoms with Gasteiger partial charge in [-0.2, -0.15) is 0 Å². The first-order valence-corrected chi connectivity index (χ1v) is 11.1. The first-order chi connectivity index (χ1) is 17.5.